The Morgan fingerprint density at radius 2 is 1.57 bits per heavy atom. The average Bonchev–Trinajstić information content (AvgIpc) is 2.48. The number of benzene rings is 1. The van der Waals surface area contributed by atoms with Gasteiger partial charge in [-0.15, -0.1) is 0 Å². The van der Waals surface area contributed by atoms with Gasteiger partial charge in [-0.2, -0.15) is 0 Å². The van der Waals surface area contributed by atoms with E-state index in [2.05, 4.69) is 37.8 Å². The zero-order valence-electron chi connectivity index (χ0n) is 14.2. The number of nitrogens with zero attached hydrogens (tertiary/aromatic N) is 1. The predicted octanol–water partition coefficient (Wildman–Crippen LogP) is 3.77. The van der Waals surface area contributed by atoms with Crippen LogP contribution in [0.5, 0.6) is 5.75 Å². The number of hydrogen-bond donors (Lipinski definition) is 1. The van der Waals surface area contributed by atoms with Gasteiger partial charge in [0.25, 0.3) is 0 Å². The van der Waals surface area contributed by atoms with Crippen LogP contribution >= 0.6 is 0 Å². The smallest absolute Gasteiger partial charge is 0.118 e. The van der Waals surface area contributed by atoms with Crippen LogP contribution in [0.3, 0.4) is 0 Å². The van der Waals surface area contributed by atoms with Crippen LogP contribution < -0.4 is 10.5 Å². The van der Waals surface area contributed by atoms with Crippen LogP contribution in [0.25, 0.3) is 0 Å². The van der Waals surface area contributed by atoms with Crippen molar-refractivity contribution in [3.8, 4) is 5.75 Å². The molecule has 0 radical (unpaired) electrons. The lowest BCUT2D eigenvalue weighted by Gasteiger charge is -2.36. The summed E-state index contributed by atoms with van der Waals surface area (Å²) >= 11 is 0. The van der Waals surface area contributed by atoms with Gasteiger partial charge in [0, 0.05) is 6.54 Å². The third kappa shape index (κ3) is 5.33. The van der Waals surface area contributed by atoms with E-state index in [0.29, 0.717) is 0 Å². The molecule has 120 valence electrons. The van der Waals surface area contributed by atoms with Crippen LogP contribution in [0.2, 0.25) is 0 Å². The summed E-state index contributed by atoms with van der Waals surface area (Å²) in [6.07, 6.45) is 4.44. The predicted molar refractivity (Wildman–Crippen MR) is 90.8 cm³/mol. The molecule has 3 nitrogen and oxygen atoms in total. The van der Waals surface area contributed by atoms with Gasteiger partial charge in [0.15, 0.2) is 0 Å². The molecule has 0 saturated carbocycles. The molecule has 0 aliphatic rings. The molecule has 0 spiro atoms. The first-order valence-corrected chi connectivity index (χ1v) is 8.25. The van der Waals surface area contributed by atoms with Crippen molar-refractivity contribution in [2.45, 2.75) is 52.0 Å². The lowest BCUT2D eigenvalue weighted by Crippen LogP contribution is -2.48. The number of rotatable bonds is 10. The van der Waals surface area contributed by atoms with E-state index in [0.717, 1.165) is 38.2 Å². The van der Waals surface area contributed by atoms with Gasteiger partial charge in [0.2, 0.25) is 0 Å². The SMILES string of the molecule is CCCN(CCC)CC(N)(CCC)c1ccc(OC)cc1. The fraction of sp³-hybridized carbons (Fsp3) is 0.667. The fourth-order valence-corrected chi connectivity index (χ4v) is 2.99. The minimum Gasteiger partial charge on any atom is -0.497 e. The topological polar surface area (TPSA) is 38.5 Å². The molecular weight excluding hydrogens is 260 g/mol. The Morgan fingerprint density at radius 3 is 2.00 bits per heavy atom. The number of methoxy groups -OCH3 is 1. The summed E-state index contributed by atoms with van der Waals surface area (Å²) in [5, 5.41) is 0. The van der Waals surface area contributed by atoms with Crippen LogP contribution in [0.15, 0.2) is 24.3 Å². The van der Waals surface area contributed by atoms with Crippen LogP contribution in [0, 0.1) is 0 Å². The molecular formula is C18H32N2O. The number of ether oxygens (including phenoxy) is 1. The summed E-state index contributed by atoms with van der Waals surface area (Å²) in [6.45, 7) is 9.82. The van der Waals surface area contributed by atoms with Gasteiger partial charge in [0.05, 0.1) is 12.6 Å². The molecule has 2 N–H and O–H groups in total. The molecule has 1 atom stereocenters. The molecule has 1 aromatic rings. The zero-order chi connectivity index (χ0) is 15.7. The van der Waals surface area contributed by atoms with E-state index in [-0.39, 0.29) is 5.54 Å². The molecule has 0 amide bonds. The highest BCUT2D eigenvalue weighted by Crippen LogP contribution is 2.27. The lowest BCUT2D eigenvalue weighted by atomic mass is 9.85. The van der Waals surface area contributed by atoms with Gasteiger partial charge in [-0.3, -0.25) is 0 Å². The second kappa shape index (κ2) is 9.06. The molecule has 1 unspecified atom stereocenters. The van der Waals surface area contributed by atoms with E-state index in [4.69, 9.17) is 10.5 Å². The Balaban J connectivity index is 2.93. The summed E-state index contributed by atoms with van der Waals surface area (Å²) in [7, 11) is 1.70. The summed E-state index contributed by atoms with van der Waals surface area (Å²) in [4.78, 5) is 2.50. The second-order valence-corrected chi connectivity index (χ2v) is 5.91. The van der Waals surface area contributed by atoms with Crippen molar-refractivity contribution in [3.63, 3.8) is 0 Å². The monoisotopic (exact) mass is 292 g/mol. The van der Waals surface area contributed by atoms with E-state index >= 15 is 0 Å². The fourth-order valence-electron chi connectivity index (χ4n) is 2.99. The van der Waals surface area contributed by atoms with Crippen molar-refractivity contribution in [2.75, 3.05) is 26.7 Å². The molecule has 0 bridgehead atoms. The molecule has 21 heavy (non-hydrogen) atoms. The molecule has 0 aliphatic heterocycles. The van der Waals surface area contributed by atoms with Crippen molar-refractivity contribution in [1.82, 2.24) is 4.90 Å². The van der Waals surface area contributed by atoms with E-state index in [9.17, 15) is 0 Å². The average molecular weight is 292 g/mol. The second-order valence-electron chi connectivity index (χ2n) is 5.91. The normalized spacial score (nSPS) is 14.2. The maximum absolute atomic E-state index is 6.80. The lowest BCUT2D eigenvalue weighted by molar-refractivity contribution is 0.199. The summed E-state index contributed by atoms with van der Waals surface area (Å²) in [6, 6.07) is 8.25. The van der Waals surface area contributed by atoms with Crippen LogP contribution in [0.1, 0.15) is 52.0 Å². The van der Waals surface area contributed by atoms with E-state index in [1.165, 1.54) is 18.4 Å². The molecule has 0 aliphatic carbocycles. The maximum atomic E-state index is 6.80. The first-order valence-electron chi connectivity index (χ1n) is 8.25. The van der Waals surface area contributed by atoms with Crippen LogP contribution in [-0.4, -0.2) is 31.6 Å². The van der Waals surface area contributed by atoms with E-state index in [1.54, 1.807) is 7.11 Å². The highest BCUT2D eigenvalue weighted by atomic mass is 16.5. The Kier molecular flexibility index (Phi) is 7.76. The van der Waals surface area contributed by atoms with E-state index in [1.807, 2.05) is 12.1 Å². The van der Waals surface area contributed by atoms with Crippen molar-refractivity contribution in [1.29, 1.82) is 0 Å². The van der Waals surface area contributed by atoms with Crippen molar-refractivity contribution in [2.24, 2.45) is 5.73 Å². The third-order valence-corrected chi connectivity index (χ3v) is 3.95. The molecule has 0 saturated heterocycles. The number of nitrogens with two attached hydrogens (primary N) is 1. The Hall–Kier alpha value is -1.06. The van der Waals surface area contributed by atoms with Gasteiger partial charge in [-0.05, 0) is 50.0 Å². The highest BCUT2D eigenvalue weighted by molar-refractivity contribution is 5.32. The molecule has 1 aromatic carbocycles. The van der Waals surface area contributed by atoms with Gasteiger partial charge >= 0.3 is 0 Å². The van der Waals surface area contributed by atoms with Gasteiger partial charge in [-0.25, -0.2) is 0 Å². The summed E-state index contributed by atoms with van der Waals surface area (Å²) in [5.41, 5.74) is 7.74. The minimum absolute atomic E-state index is 0.272. The molecule has 1 rings (SSSR count). The van der Waals surface area contributed by atoms with Crippen molar-refractivity contribution >= 4 is 0 Å². The minimum atomic E-state index is -0.272. The van der Waals surface area contributed by atoms with Crippen molar-refractivity contribution < 1.29 is 4.74 Å². The standard InChI is InChI=1S/C18H32N2O/c1-5-12-18(19,15-20(13-6-2)14-7-3)16-8-10-17(21-4)11-9-16/h8-11H,5-7,12-15,19H2,1-4H3. The van der Waals surface area contributed by atoms with Gasteiger partial charge in [-0.1, -0.05) is 39.3 Å². The largest absolute Gasteiger partial charge is 0.497 e. The Labute approximate surface area is 130 Å². The van der Waals surface area contributed by atoms with Crippen LogP contribution in [0.4, 0.5) is 0 Å². The summed E-state index contributed by atoms with van der Waals surface area (Å²) < 4.78 is 5.25. The van der Waals surface area contributed by atoms with E-state index < -0.39 is 0 Å². The first-order chi connectivity index (χ1) is 10.1. The molecule has 0 fully saturated rings. The van der Waals surface area contributed by atoms with Crippen LogP contribution in [-0.2, 0) is 5.54 Å². The Morgan fingerprint density at radius 1 is 1.00 bits per heavy atom. The molecule has 0 heterocycles. The maximum Gasteiger partial charge on any atom is 0.118 e. The first kappa shape index (κ1) is 18.0. The zero-order valence-corrected chi connectivity index (χ0v) is 14.2. The third-order valence-electron chi connectivity index (χ3n) is 3.95. The molecule has 3 heteroatoms. The summed E-state index contributed by atoms with van der Waals surface area (Å²) in [5.74, 6) is 0.886. The Bertz CT molecular complexity index is 385. The van der Waals surface area contributed by atoms with Gasteiger partial charge in [0.1, 0.15) is 5.75 Å². The number of hydrogen-bond acceptors (Lipinski definition) is 3. The quantitative estimate of drug-likeness (QED) is 0.713. The van der Waals surface area contributed by atoms with Crippen molar-refractivity contribution in [3.05, 3.63) is 29.8 Å². The molecule has 0 aromatic heterocycles. The highest BCUT2D eigenvalue weighted by Gasteiger charge is 2.28. The van der Waals surface area contributed by atoms with Gasteiger partial charge < -0.3 is 15.4 Å².